The molecule has 4 aliphatic rings. The average Bonchev–Trinajstić information content (AvgIpc) is 2.41. The number of pyridine rings is 1. The van der Waals surface area contributed by atoms with Crippen molar-refractivity contribution in [3.63, 3.8) is 0 Å². The highest BCUT2D eigenvalue weighted by molar-refractivity contribution is 5.32. The summed E-state index contributed by atoms with van der Waals surface area (Å²) in [5.74, 6) is 1.64. The number of ether oxygens (including phenoxy) is 1. The van der Waals surface area contributed by atoms with Crippen molar-refractivity contribution in [2.24, 2.45) is 17.8 Å². The lowest BCUT2D eigenvalue weighted by atomic mass is 9.67. The molecule has 4 bridgehead atoms. The number of rotatable bonds is 2. The molecule has 114 valence electrons. The van der Waals surface area contributed by atoms with Crippen LogP contribution in [0, 0.1) is 17.8 Å². The number of piperidine rings is 3. The first-order valence-electron chi connectivity index (χ1n) is 7.42. The number of hydrogen-bond acceptors (Lipinski definition) is 3. The number of nitrogens with zero attached hydrogens (tertiary/aromatic N) is 2. The van der Waals surface area contributed by atoms with Crippen molar-refractivity contribution in [2.75, 3.05) is 13.1 Å². The number of alkyl halides is 3. The fraction of sp³-hybridized carbons (Fsp3) is 0.667. The van der Waals surface area contributed by atoms with E-state index in [1.165, 1.54) is 12.6 Å². The first kappa shape index (κ1) is 13.4. The molecule has 0 N–H and O–H groups in total. The molecular weight excluding hydrogens is 281 g/mol. The molecule has 4 fully saturated rings. The predicted octanol–water partition coefficient (Wildman–Crippen LogP) is 3.17. The number of aromatic nitrogens is 1. The summed E-state index contributed by atoms with van der Waals surface area (Å²) in [7, 11) is 0. The summed E-state index contributed by atoms with van der Waals surface area (Å²) in [6, 6.07) is 0.987. The predicted molar refractivity (Wildman–Crippen MR) is 69.5 cm³/mol. The Bertz CT molecular complexity index is 518. The van der Waals surface area contributed by atoms with Gasteiger partial charge in [-0.25, -0.2) is 0 Å². The largest absolute Gasteiger partial charge is 0.473 e. The minimum Gasteiger partial charge on any atom is -0.473 e. The summed E-state index contributed by atoms with van der Waals surface area (Å²) in [4.78, 5) is 6.02. The Kier molecular flexibility index (Phi) is 2.93. The summed E-state index contributed by atoms with van der Waals surface area (Å²) in [6.07, 6.45) is 1.17. The Morgan fingerprint density at radius 2 is 1.86 bits per heavy atom. The van der Waals surface area contributed by atoms with Crippen molar-refractivity contribution in [1.29, 1.82) is 0 Å². The summed E-state index contributed by atoms with van der Waals surface area (Å²) >= 11 is 0. The molecule has 21 heavy (non-hydrogen) atoms. The van der Waals surface area contributed by atoms with Gasteiger partial charge in [0.25, 0.3) is 0 Å². The van der Waals surface area contributed by atoms with Gasteiger partial charge in [0.2, 0.25) is 0 Å². The zero-order chi connectivity index (χ0) is 14.6. The van der Waals surface area contributed by atoms with E-state index in [-0.39, 0.29) is 12.0 Å². The lowest BCUT2D eigenvalue weighted by Crippen LogP contribution is -2.61. The second kappa shape index (κ2) is 4.60. The van der Waals surface area contributed by atoms with Crippen LogP contribution in [0.3, 0.4) is 0 Å². The van der Waals surface area contributed by atoms with Crippen LogP contribution in [0.2, 0.25) is 0 Å². The normalized spacial score (nSPS) is 37.8. The maximum absolute atomic E-state index is 13.0. The van der Waals surface area contributed by atoms with Gasteiger partial charge in [0, 0.05) is 25.2 Å². The van der Waals surface area contributed by atoms with Crippen LogP contribution in [-0.2, 0) is 6.18 Å². The van der Waals surface area contributed by atoms with Crippen LogP contribution in [0.5, 0.6) is 5.75 Å². The maximum Gasteiger partial charge on any atom is 0.420 e. The first-order chi connectivity index (χ1) is 10.0. The number of halogens is 3. The molecule has 0 amide bonds. The lowest BCUT2D eigenvalue weighted by Gasteiger charge is -2.55. The van der Waals surface area contributed by atoms with Gasteiger partial charge in [0.05, 0.1) is 6.20 Å². The average molecular weight is 298 g/mol. The molecule has 0 spiro atoms. The highest BCUT2D eigenvalue weighted by Gasteiger charge is 2.48. The summed E-state index contributed by atoms with van der Waals surface area (Å²) < 4.78 is 44.9. The third-order valence-corrected chi connectivity index (χ3v) is 5.03. The topological polar surface area (TPSA) is 25.4 Å². The van der Waals surface area contributed by atoms with Gasteiger partial charge in [-0.2, -0.15) is 13.2 Å². The standard InChI is InChI=1S/C15H17F3N2O/c16-15(17,18)12-1-2-19-6-13(12)21-14-11-4-9-3-10(5-11)8-20(14)7-9/h1-2,6,9-11,14H,3-5,7-8H2. The molecule has 6 heteroatoms. The van der Waals surface area contributed by atoms with Crippen LogP contribution in [0.25, 0.3) is 0 Å². The quantitative estimate of drug-likeness (QED) is 0.838. The smallest absolute Gasteiger partial charge is 0.420 e. The van der Waals surface area contributed by atoms with Crippen LogP contribution in [-0.4, -0.2) is 29.2 Å². The molecule has 3 aliphatic heterocycles. The van der Waals surface area contributed by atoms with Crippen molar-refractivity contribution in [3.05, 3.63) is 24.0 Å². The van der Waals surface area contributed by atoms with Gasteiger partial charge in [0.15, 0.2) is 12.0 Å². The van der Waals surface area contributed by atoms with Crippen LogP contribution < -0.4 is 4.74 Å². The highest BCUT2D eigenvalue weighted by Crippen LogP contribution is 2.47. The molecule has 4 heterocycles. The Morgan fingerprint density at radius 1 is 1.14 bits per heavy atom. The van der Waals surface area contributed by atoms with Crippen LogP contribution >= 0.6 is 0 Å². The Hall–Kier alpha value is -1.30. The molecule has 1 saturated carbocycles. The molecule has 3 saturated heterocycles. The van der Waals surface area contributed by atoms with Crippen LogP contribution in [0.1, 0.15) is 24.8 Å². The lowest BCUT2D eigenvalue weighted by molar-refractivity contribution is -0.154. The third kappa shape index (κ3) is 2.29. The van der Waals surface area contributed by atoms with Crippen molar-refractivity contribution < 1.29 is 17.9 Å². The molecule has 3 nitrogen and oxygen atoms in total. The van der Waals surface area contributed by atoms with E-state index in [1.807, 2.05) is 0 Å². The fourth-order valence-electron chi connectivity index (χ4n) is 4.40. The van der Waals surface area contributed by atoms with E-state index >= 15 is 0 Å². The second-order valence-corrected chi connectivity index (χ2v) is 6.53. The van der Waals surface area contributed by atoms with Gasteiger partial charge in [-0.3, -0.25) is 9.88 Å². The monoisotopic (exact) mass is 298 g/mol. The van der Waals surface area contributed by atoms with Gasteiger partial charge < -0.3 is 4.74 Å². The third-order valence-electron chi connectivity index (χ3n) is 5.03. The highest BCUT2D eigenvalue weighted by atomic mass is 19.4. The molecule has 3 unspecified atom stereocenters. The van der Waals surface area contributed by atoms with E-state index in [0.717, 1.165) is 38.2 Å². The molecule has 1 aliphatic carbocycles. The molecule has 5 rings (SSSR count). The van der Waals surface area contributed by atoms with E-state index in [1.54, 1.807) is 0 Å². The minimum atomic E-state index is -4.40. The van der Waals surface area contributed by atoms with Crippen molar-refractivity contribution >= 4 is 0 Å². The SMILES string of the molecule is FC(F)(F)c1ccncc1OC1C2CC3CC(C2)CN1C3. The van der Waals surface area contributed by atoms with E-state index < -0.39 is 11.7 Å². The summed E-state index contributed by atoms with van der Waals surface area (Å²) in [5.41, 5.74) is -0.729. The zero-order valence-electron chi connectivity index (χ0n) is 11.5. The first-order valence-corrected chi connectivity index (χ1v) is 7.42. The van der Waals surface area contributed by atoms with E-state index in [0.29, 0.717) is 17.8 Å². The van der Waals surface area contributed by atoms with Gasteiger partial charge in [-0.05, 0) is 37.2 Å². The van der Waals surface area contributed by atoms with E-state index in [9.17, 15) is 13.2 Å². The Labute approximate surface area is 121 Å². The minimum absolute atomic E-state index is 0.137. The van der Waals surface area contributed by atoms with E-state index in [4.69, 9.17) is 4.74 Å². The zero-order valence-corrected chi connectivity index (χ0v) is 11.5. The fourth-order valence-corrected chi connectivity index (χ4v) is 4.40. The maximum atomic E-state index is 13.0. The van der Waals surface area contributed by atoms with Crippen molar-refractivity contribution in [2.45, 2.75) is 31.7 Å². The van der Waals surface area contributed by atoms with Gasteiger partial charge in [-0.15, -0.1) is 0 Å². The van der Waals surface area contributed by atoms with Gasteiger partial charge >= 0.3 is 6.18 Å². The van der Waals surface area contributed by atoms with Crippen molar-refractivity contribution in [3.8, 4) is 5.75 Å². The van der Waals surface area contributed by atoms with Gasteiger partial charge in [-0.1, -0.05) is 0 Å². The van der Waals surface area contributed by atoms with Gasteiger partial charge in [0.1, 0.15) is 5.56 Å². The molecule has 1 aromatic rings. The second-order valence-electron chi connectivity index (χ2n) is 6.53. The van der Waals surface area contributed by atoms with Crippen LogP contribution in [0.4, 0.5) is 13.2 Å². The number of hydrogen-bond donors (Lipinski definition) is 0. The molecule has 0 radical (unpaired) electrons. The Balaban J connectivity index is 1.60. The molecule has 0 aromatic carbocycles. The Morgan fingerprint density at radius 3 is 2.48 bits per heavy atom. The van der Waals surface area contributed by atoms with E-state index in [2.05, 4.69) is 9.88 Å². The summed E-state index contributed by atoms with van der Waals surface area (Å²) in [5, 5.41) is 0. The van der Waals surface area contributed by atoms with Crippen LogP contribution in [0.15, 0.2) is 18.5 Å². The van der Waals surface area contributed by atoms with Crippen molar-refractivity contribution in [1.82, 2.24) is 9.88 Å². The summed E-state index contributed by atoms with van der Waals surface area (Å²) in [6.45, 7) is 1.92. The molecule has 3 atom stereocenters. The molecule has 1 aromatic heterocycles. The molecular formula is C15H17F3N2O.